The molecule has 2 saturated heterocycles. The fourth-order valence-corrected chi connectivity index (χ4v) is 8.47. The van der Waals surface area contributed by atoms with E-state index in [9.17, 15) is 45.6 Å². The predicted molar refractivity (Wildman–Crippen MR) is 236 cm³/mol. The van der Waals surface area contributed by atoms with Gasteiger partial charge in [-0.1, -0.05) is 181 Å². The second-order valence-corrected chi connectivity index (χ2v) is 18.0. The van der Waals surface area contributed by atoms with Gasteiger partial charge in [-0.05, 0) is 12.8 Å². The van der Waals surface area contributed by atoms with Crippen LogP contribution >= 0.6 is 0 Å². The molecule has 2 rings (SSSR count). The molecule has 0 bridgehead atoms. The van der Waals surface area contributed by atoms with Gasteiger partial charge in [0.25, 0.3) is 0 Å². The van der Waals surface area contributed by atoms with Crippen LogP contribution in [0.25, 0.3) is 0 Å². The van der Waals surface area contributed by atoms with Crippen molar-refractivity contribution in [3.8, 4) is 0 Å². The van der Waals surface area contributed by atoms with Crippen molar-refractivity contribution in [1.29, 1.82) is 0 Å². The lowest BCUT2D eigenvalue weighted by Gasteiger charge is -2.46. The number of unbranched alkanes of at least 4 members (excludes halogenated alkanes) is 25. The van der Waals surface area contributed by atoms with E-state index in [2.05, 4.69) is 19.2 Å². The predicted octanol–water partition coefficient (Wildman–Crippen LogP) is 5.83. The number of amides is 1. The molecule has 0 saturated carbocycles. The van der Waals surface area contributed by atoms with Crippen LogP contribution in [0.1, 0.15) is 200 Å². The summed E-state index contributed by atoms with van der Waals surface area (Å²) in [7, 11) is 0. The van der Waals surface area contributed by atoms with Gasteiger partial charge in [-0.3, -0.25) is 4.79 Å². The summed E-state index contributed by atoms with van der Waals surface area (Å²) in [6, 6.07) is -0.819. The van der Waals surface area contributed by atoms with Crippen LogP contribution in [-0.4, -0.2) is 140 Å². The molecule has 12 atom stereocenters. The third-order valence-electron chi connectivity index (χ3n) is 12.6. The summed E-state index contributed by atoms with van der Waals surface area (Å²) in [5, 5.41) is 86.8. The smallest absolute Gasteiger partial charge is 0.220 e. The lowest BCUT2D eigenvalue weighted by atomic mass is 9.97. The van der Waals surface area contributed by atoms with Gasteiger partial charge in [0.2, 0.25) is 5.91 Å². The molecule has 1 amide bonds. The van der Waals surface area contributed by atoms with Crippen LogP contribution in [0, 0.1) is 0 Å². The first-order chi connectivity index (χ1) is 29.6. The molecule has 0 aromatic rings. The second kappa shape index (κ2) is 35.3. The minimum absolute atomic E-state index is 0.206. The zero-order chi connectivity index (χ0) is 44.7. The van der Waals surface area contributed by atoms with Crippen molar-refractivity contribution in [1.82, 2.24) is 5.32 Å². The Labute approximate surface area is 368 Å². The summed E-state index contributed by atoms with van der Waals surface area (Å²) in [5.41, 5.74) is 0. The van der Waals surface area contributed by atoms with Gasteiger partial charge in [0, 0.05) is 6.42 Å². The fraction of sp³-hybridized carbons (Fsp3) is 0.979. The fourth-order valence-electron chi connectivity index (χ4n) is 8.47. The average Bonchev–Trinajstić information content (AvgIpc) is 3.26. The van der Waals surface area contributed by atoms with E-state index in [1.165, 1.54) is 122 Å². The molecule has 0 aromatic carbocycles. The van der Waals surface area contributed by atoms with Gasteiger partial charge < -0.3 is 65.1 Å². The Hall–Kier alpha value is -1.01. The molecular weight excluding hydrogens is 787 g/mol. The number of carbonyl (C=O) groups is 1. The molecule has 12 unspecified atom stereocenters. The highest BCUT2D eigenvalue weighted by atomic mass is 16.7. The molecule has 2 aliphatic rings. The maximum Gasteiger partial charge on any atom is 0.220 e. The topological polar surface area (TPSA) is 228 Å². The third kappa shape index (κ3) is 23.1. The Morgan fingerprint density at radius 2 is 0.934 bits per heavy atom. The van der Waals surface area contributed by atoms with Crippen molar-refractivity contribution in [2.75, 3.05) is 19.8 Å². The monoisotopic (exact) mass is 878 g/mol. The Morgan fingerprint density at radius 1 is 0.525 bits per heavy atom. The number of ether oxygens (including phenoxy) is 4. The summed E-state index contributed by atoms with van der Waals surface area (Å²) in [6.07, 6.45) is 16.7. The van der Waals surface area contributed by atoms with Crippen LogP contribution in [0.15, 0.2) is 0 Å². The van der Waals surface area contributed by atoms with E-state index in [0.29, 0.717) is 12.8 Å². The molecule has 2 aliphatic heterocycles. The van der Waals surface area contributed by atoms with Crippen molar-refractivity contribution in [2.45, 2.75) is 274 Å². The van der Waals surface area contributed by atoms with E-state index in [-0.39, 0.29) is 12.5 Å². The minimum Gasteiger partial charge on any atom is -0.394 e. The minimum atomic E-state index is -1.78. The Bertz CT molecular complexity index is 1040. The van der Waals surface area contributed by atoms with Crippen LogP contribution < -0.4 is 5.32 Å². The number of aliphatic hydroxyl groups is 8. The molecule has 0 aromatic heterocycles. The Balaban J connectivity index is 1.85. The SMILES string of the molecule is CCCCCCCCCCCCCCCCCC(O)C(COC1OC(CO)C(OC2OC(CO)C(O)C(O)C2O)C(O)C1O)NC(=O)CCCCCCCCCCCCCC. The first kappa shape index (κ1) is 56.1. The number of nitrogens with one attached hydrogen (secondary N) is 1. The van der Waals surface area contributed by atoms with E-state index in [1.54, 1.807) is 0 Å². The normalized spacial score (nSPS) is 27.9. The maximum absolute atomic E-state index is 13.1. The van der Waals surface area contributed by atoms with Crippen LogP contribution in [0.2, 0.25) is 0 Å². The summed E-state index contributed by atoms with van der Waals surface area (Å²) < 4.78 is 22.7. The first-order valence-electron chi connectivity index (χ1n) is 24.8. The number of carbonyl (C=O) groups excluding carboxylic acids is 1. The molecule has 14 heteroatoms. The number of aliphatic hydroxyl groups excluding tert-OH is 8. The molecule has 14 nitrogen and oxygen atoms in total. The van der Waals surface area contributed by atoms with Gasteiger partial charge in [0.05, 0.1) is 32.0 Å². The molecule has 0 aliphatic carbocycles. The van der Waals surface area contributed by atoms with E-state index in [0.717, 1.165) is 51.4 Å². The van der Waals surface area contributed by atoms with Crippen molar-refractivity contribution >= 4 is 5.91 Å². The van der Waals surface area contributed by atoms with E-state index < -0.39 is 86.8 Å². The Morgan fingerprint density at radius 3 is 1.39 bits per heavy atom. The Kier molecular flexibility index (Phi) is 32.5. The largest absolute Gasteiger partial charge is 0.394 e. The summed E-state index contributed by atoms with van der Waals surface area (Å²) in [4.78, 5) is 13.1. The van der Waals surface area contributed by atoms with E-state index >= 15 is 0 Å². The number of rotatable bonds is 38. The average molecular weight is 878 g/mol. The van der Waals surface area contributed by atoms with Gasteiger partial charge in [0.1, 0.15) is 48.8 Å². The maximum atomic E-state index is 13.1. The molecule has 0 spiro atoms. The standard InChI is InChI=1S/C47H91NO13/c1-3-5-7-9-11-13-15-17-18-19-20-22-24-26-28-30-36(51)35(48-39(52)31-29-27-25-23-21-16-14-12-10-8-6-4-2)34-58-46-44(57)42(55)45(38(33-50)60-46)61-47-43(56)41(54)40(53)37(32-49)59-47/h35-38,40-47,49-51,53-57H,3-34H2,1-2H3,(H,48,52). The highest BCUT2D eigenvalue weighted by Gasteiger charge is 2.51. The summed E-state index contributed by atoms with van der Waals surface area (Å²) >= 11 is 0. The van der Waals surface area contributed by atoms with Crippen molar-refractivity contribution in [2.24, 2.45) is 0 Å². The number of hydrogen-bond donors (Lipinski definition) is 9. The molecule has 2 heterocycles. The van der Waals surface area contributed by atoms with Gasteiger partial charge in [-0.25, -0.2) is 0 Å². The second-order valence-electron chi connectivity index (χ2n) is 18.0. The van der Waals surface area contributed by atoms with Crippen molar-refractivity contribution < 1.29 is 64.6 Å². The van der Waals surface area contributed by atoms with Crippen LogP contribution in [0.3, 0.4) is 0 Å². The summed E-state index contributed by atoms with van der Waals surface area (Å²) in [6.45, 7) is 2.85. The first-order valence-corrected chi connectivity index (χ1v) is 24.8. The van der Waals surface area contributed by atoms with Crippen molar-refractivity contribution in [3.05, 3.63) is 0 Å². The molecule has 61 heavy (non-hydrogen) atoms. The van der Waals surface area contributed by atoms with Crippen LogP contribution in [-0.2, 0) is 23.7 Å². The van der Waals surface area contributed by atoms with E-state index in [4.69, 9.17) is 18.9 Å². The quantitative estimate of drug-likeness (QED) is 0.0334. The zero-order valence-electron chi connectivity index (χ0n) is 38.2. The zero-order valence-corrected chi connectivity index (χ0v) is 38.2. The van der Waals surface area contributed by atoms with E-state index in [1.807, 2.05) is 0 Å². The van der Waals surface area contributed by atoms with Gasteiger partial charge in [-0.15, -0.1) is 0 Å². The van der Waals surface area contributed by atoms with Gasteiger partial charge in [0.15, 0.2) is 12.6 Å². The lowest BCUT2D eigenvalue weighted by molar-refractivity contribution is -0.359. The van der Waals surface area contributed by atoms with Gasteiger partial charge >= 0.3 is 0 Å². The summed E-state index contributed by atoms with van der Waals surface area (Å²) in [5.74, 6) is -0.206. The van der Waals surface area contributed by atoms with Gasteiger partial charge in [-0.2, -0.15) is 0 Å². The molecule has 362 valence electrons. The molecular formula is C47H91NO13. The molecule has 2 fully saturated rings. The van der Waals surface area contributed by atoms with Crippen LogP contribution in [0.5, 0.6) is 0 Å². The highest BCUT2D eigenvalue weighted by Crippen LogP contribution is 2.30. The highest BCUT2D eigenvalue weighted by molar-refractivity contribution is 5.76. The van der Waals surface area contributed by atoms with Crippen LogP contribution in [0.4, 0.5) is 0 Å². The number of hydrogen-bond acceptors (Lipinski definition) is 13. The lowest BCUT2D eigenvalue weighted by Crippen LogP contribution is -2.65. The third-order valence-corrected chi connectivity index (χ3v) is 12.6. The van der Waals surface area contributed by atoms with Crippen molar-refractivity contribution in [3.63, 3.8) is 0 Å². The molecule has 9 N–H and O–H groups in total. The molecule has 0 radical (unpaired) electrons.